The molecule has 1 saturated heterocycles. The lowest BCUT2D eigenvalue weighted by Gasteiger charge is -2.39. The van der Waals surface area contributed by atoms with Crippen LogP contribution >= 0.6 is 0 Å². The van der Waals surface area contributed by atoms with Gasteiger partial charge in [-0.15, -0.1) is 0 Å². The third-order valence-electron chi connectivity index (χ3n) is 5.84. The van der Waals surface area contributed by atoms with E-state index in [1.807, 2.05) is 47.6 Å². The van der Waals surface area contributed by atoms with Crippen LogP contribution in [0.1, 0.15) is 78.7 Å². The van der Waals surface area contributed by atoms with Crippen molar-refractivity contribution in [3.05, 3.63) is 23.9 Å². The van der Waals surface area contributed by atoms with Crippen LogP contribution in [0, 0.1) is 5.41 Å². The number of rotatable bonds is 6. The molecule has 0 spiro atoms. The van der Waals surface area contributed by atoms with Crippen molar-refractivity contribution in [2.75, 3.05) is 13.2 Å². The van der Waals surface area contributed by atoms with Gasteiger partial charge in [-0.05, 0) is 79.2 Å². The fourth-order valence-electron chi connectivity index (χ4n) is 3.82. The summed E-state index contributed by atoms with van der Waals surface area (Å²) in [6, 6.07) is 4.02. The highest BCUT2D eigenvalue weighted by Crippen LogP contribution is 2.43. The number of hydrogen-bond donors (Lipinski definition) is 1. The predicted molar refractivity (Wildman–Crippen MR) is 119 cm³/mol. The van der Waals surface area contributed by atoms with Gasteiger partial charge in [0.15, 0.2) is 0 Å². The molecule has 2 unspecified atom stereocenters. The van der Waals surface area contributed by atoms with Gasteiger partial charge in [0.1, 0.15) is 12.2 Å². The number of amides is 2. The van der Waals surface area contributed by atoms with E-state index in [0.717, 1.165) is 5.56 Å². The van der Waals surface area contributed by atoms with Crippen LogP contribution in [0.3, 0.4) is 0 Å². The fourth-order valence-corrected chi connectivity index (χ4v) is 3.82. The topological polar surface area (TPSA) is 80.8 Å². The lowest BCUT2D eigenvalue weighted by Crippen LogP contribution is -2.54. The number of nitrogens with one attached hydrogen (secondary N) is 1. The maximum Gasteiger partial charge on any atom is 0.410 e. The Balaban J connectivity index is 1.51. The quantitative estimate of drug-likeness (QED) is 0.728. The van der Waals surface area contributed by atoms with Gasteiger partial charge in [-0.3, -0.25) is 4.79 Å². The molecule has 7 nitrogen and oxygen atoms in total. The minimum Gasteiger partial charge on any atom is -0.476 e. The van der Waals surface area contributed by atoms with E-state index in [1.54, 1.807) is 11.1 Å². The van der Waals surface area contributed by atoms with E-state index in [9.17, 15) is 9.59 Å². The van der Waals surface area contributed by atoms with Crippen LogP contribution in [0.4, 0.5) is 4.79 Å². The first kappa shape index (κ1) is 23.4. The van der Waals surface area contributed by atoms with E-state index < -0.39 is 11.0 Å². The van der Waals surface area contributed by atoms with Crippen molar-refractivity contribution in [1.82, 2.24) is 15.2 Å². The Morgan fingerprint density at radius 1 is 1.19 bits per heavy atom. The van der Waals surface area contributed by atoms with Gasteiger partial charge < -0.3 is 19.7 Å². The Morgan fingerprint density at radius 3 is 2.52 bits per heavy atom. The van der Waals surface area contributed by atoms with Crippen molar-refractivity contribution in [2.45, 2.75) is 90.8 Å². The smallest absolute Gasteiger partial charge is 0.410 e. The maximum atomic E-state index is 13.0. The van der Waals surface area contributed by atoms with Gasteiger partial charge in [-0.1, -0.05) is 6.07 Å². The zero-order valence-electron chi connectivity index (χ0n) is 19.7. The third kappa shape index (κ3) is 6.34. The van der Waals surface area contributed by atoms with Crippen molar-refractivity contribution in [3.63, 3.8) is 0 Å². The highest BCUT2D eigenvalue weighted by Gasteiger charge is 2.36. The highest BCUT2D eigenvalue weighted by molar-refractivity contribution is 5.82. The summed E-state index contributed by atoms with van der Waals surface area (Å²) >= 11 is 0. The summed E-state index contributed by atoms with van der Waals surface area (Å²) in [5.74, 6) is 1.14. The molecule has 1 aromatic heterocycles. The first-order valence-corrected chi connectivity index (χ1v) is 11.3. The van der Waals surface area contributed by atoms with E-state index in [4.69, 9.17) is 9.47 Å². The monoisotopic (exact) mass is 431 g/mol. The van der Waals surface area contributed by atoms with Gasteiger partial charge in [0.2, 0.25) is 11.8 Å². The van der Waals surface area contributed by atoms with Crippen molar-refractivity contribution in [1.29, 1.82) is 0 Å². The molecule has 1 aliphatic carbocycles. The predicted octanol–water partition coefficient (Wildman–Crippen LogP) is 4.27. The van der Waals surface area contributed by atoms with Crippen LogP contribution in [0.2, 0.25) is 0 Å². The molecule has 31 heavy (non-hydrogen) atoms. The van der Waals surface area contributed by atoms with Gasteiger partial charge in [-0.2, -0.15) is 0 Å². The Morgan fingerprint density at radius 2 is 1.90 bits per heavy atom. The SMILES string of the molecule is CC1CC(NC(=O)C(C)(C)COc2ncccc2C2CC2)CCN1C(=O)OC(C)(C)C. The Bertz CT molecular complexity index is 798. The number of nitrogens with zero attached hydrogens (tertiary/aromatic N) is 2. The molecule has 3 rings (SSSR count). The number of pyridine rings is 1. The van der Waals surface area contributed by atoms with E-state index in [1.165, 1.54) is 12.8 Å². The number of piperidine rings is 1. The van der Waals surface area contributed by atoms with Gasteiger partial charge in [0, 0.05) is 30.4 Å². The van der Waals surface area contributed by atoms with Crippen LogP contribution in [0.15, 0.2) is 18.3 Å². The summed E-state index contributed by atoms with van der Waals surface area (Å²) in [6.45, 7) is 12.2. The average molecular weight is 432 g/mol. The Kier molecular flexibility index (Phi) is 6.82. The molecular weight excluding hydrogens is 394 g/mol. The maximum absolute atomic E-state index is 13.0. The van der Waals surface area contributed by atoms with E-state index >= 15 is 0 Å². The number of carbonyl (C=O) groups excluding carboxylic acids is 2. The van der Waals surface area contributed by atoms with Crippen molar-refractivity contribution < 1.29 is 19.1 Å². The number of aromatic nitrogens is 1. The standard InChI is InChI=1S/C24H37N3O4/c1-16-14-18(11-13-27(16)22(29)31-23(2,3)4)26-21(28)24(5,6)15-30-20-19(17-9-10-17)8-7-12-25-20/h7-8,12,16-18H,9-11,13-15H2,1-6H3,(H,26,28). The molecule has 1 N–H and O–H groups in total. The molecule has 172 valence electrons. The van der Waals surface area contributed by atoms with Crippen molar-refractivity contribution in [2.24, 2.45) is 5.41 Å². The Hall–Kier alpha value is -2.31. The van der Waals surface area contributed by atoms with Gasteiger partial charge in [-0.25, -0.2) is 9.78 Å². The number of likely N-dealkylation sites (tertiary alicyclic amines) is 1. The summed E-state index contributed by atoms with van der Waals surface area (Å²) in [7, 11) is 0. The lowest BCUT2D eigenvalue weighted by molar-refractivity contribution is -0.132. The van der Waals surface area contributed by atoms with Crippen molar-refractivity contribution in [3.8, 4) is 5.88 Å². The van der Waals surface area contributed by atoms with Crippen LogP contribution in [-0.4, -0.2) is 52.7 Å². The van der Waals surface area contributed by atoms with Crippen LogP contribution in [0.5, 0.6) is 5.88 Å². The average Bonchev–Trinajstić information content (AvgIpc) is 3.50. The summed E-state index contributed by atoms with van der Waals surface area (Å²) < 4.78 is 11.5. The molecule has 7 heteroatoms. The second kappa shape index (κ2) is 9.05. The van der Waals surface area contributed by atoms with Gasteiger partial charge in [0.25, 0.3) is 0 Å². The first-order chi connectivity index (χ1) is 14.5. The molecule has 2 heterocycles. The van der Waals surface area contributed by atoms with Crippen LogP contribution in [0.25, 0.3) is 0 Å². The summed E-state index contributed by atoms with van der Waals surface area (Å²) in [5.41, 5.74) is -0.0648. The summed E-state index contributed by atoms with van der Waals surface area (Å²) in [6.07, 6.45) is 5.19. The fraction of sp³-hybridized carbons (Fsp3) is 0.708. The minimum absolute atomic E-state index is 0.00267. The summed E-state index contributed by atoms with van der Waals surface area (Å²) in [5, 5.41) is 3.17. The zero-order chi connectivity index (χ0) is 22.8. The normalized spacial score (nSPS) is 22.1. The minimum atomic E-state index is -0.691. The molecule has 2 aliphatic rings. The molecule has 1 aliphatic heterocycles. The third-order valence-corrected chi connectivity index (χ3v) is 5.84. The number of ether oxygens (including phenoxy) is 2. The van der Waals surface area contributed by atoms with E-state index in [0.29, 0.717) is 31.2 Å². The van der Waals surface area contributed by atoms with Crippen molar-refractivity contribution >= 4 is 12.0 Å². The van der Waals surface area contributed by atoms with E-state index in [2.05, 4.69) is 16.4 Å². The lowest BCUT2D eigenvalue weighted by atomic mass is 9.91. The molecule has 1 saturated carbocycles. The van der Waals surface area contributed by atoms with Crippen LogP contribution in [-0.2, 0) is 9.53 Å². The molecule has 1 aromatic rings. The molecule has 2 amide bonds. The molecule has 2 fully saturated rings. The van der Waals surface area contributed by atoms with Crippen LogP contribution < -0.4 is 10.1 Å². The zero-order valence-corrected chi connectivity index (χ0v) is 19.7. The second-order valence-electron chi connectivity index (χ2n) is 10.6. The molecule has 0 bridgehead atoms. The number of carbonyl (C=O) groups is 2. The Labute approximate surface area is 185 Å². The molecule has 0 aromatic carbocycles. The molecule has 2 atom stereocenters. The number of hydrogen-bond acceptors (Lipinski definition) is 5. The first-order valence-electron chi connectivity index (χ1n) is 11.3. The van der Waals surface area contributed by atoms with Gasteiger partial charge in [0.05, 0.1) is 5.41 Å². The molecular formula is C24H37N3O4. The highest BCUT2D eigenvalue weighted by atomic mass is 16.6. The summed E-state index contributed by atoms with van der Waals surface area (Å²) in [4.78, 5) is 31.5. The van der Waals surface area contributed by atoms with Gasteiger partial charge >= 0.3 is 6.09 Å². The largest absolute Gasteiger partial charge is 0.476 e. The molecule has 0 radical (unpaired) electrons. The second-order valence-corrected chi connectivity index (χ2v) is 10.6. The van der Waals surface area contributed by atoms with E-state index in [-0.39, 0.29) is 30.7 Å².